The van der Waals surface area contributed by atoms with Gasteiger partial charge in [-0.15, -0.1) is 12.4 Å². The quantitative estimate of drug-likeness (QED) is 0.821. The lowest BCUT2D eigenvalue weighted by Crippen LogP contribution is -2.47. The van der Waals surface area contributed by atoms with E-state index in [1.807, 2.05) is 0 Å². The van der Waals surface area contributed by atoms with Crippen molar-refractivity contribution >= 4 is 38.4 Å². The van der Waals surface area contributed by atoms with E-state index in [2.05, 4.69) is 26.0 Å². The van der Waals surface area contributed by atoms with Crippen molar-refractivity contribution in [3.63, 3.8) is 0 Å². The maximum absolute atomic E-state index is 13.5. The Labute approximate surface area is 138 Å². The van der Waals surface area contributed by atoms with Crippen LogP contribution in [-0.4, -0.2) is 26.5 Å². The lowest BCUT2D eigenvalue weighted by atomic mass is 10.0. The minimum atomic E-state index is -3.66. The van der Waals surface area contributed by atoms with Crippen LogP contribution >= 0.6 is 28.3 Å². The Morgan fingerprint density at radius 1 is 1.24 bits per heavy atom. The molecule has 1 aromatic rings. The fourth-order valence-corrected chi connectivity index (χ4v) is 4.60. The Hall–Kier alpha value is -0.210. The second kappa shape index (κ2) is 6.50. The molecule has 4 nitrogen and oxygen atoms in total. The smallest absolute Gasteiger partial charge is 0.240 e. The summed E-state index contributed by atoms with van der Waals surface area (Å²) in [5, 5.41) is 3.46. The highest BCUT2D eigenvalue weighted by atomic mass is 79.9. The minimum Gasteiger partial charge on any atom is -0.311 e. The third-order valence-electron chi connectivity index (χ3n) is 4.00. The van der Waals surface area contributed by atoms with Gasteiger partial charge in [0.25, 0.3) is 0 Å². The zero-order valence-electron chi connectivity index (χ0n) is 11.2. The fourth-order valence-electron chi connectivity index (χ4n) is 3.08. The first-order valence-corrected chi connectivity index (χ1v) is 8.95. The van der Waals surface area contributed by atoms with Gasteiger partial charge in [0.15, 0.2) is 0 Å². The normalized spacial score (nSPS) is 28.2. The number of sulfonamides is 1. The molecular formula is C13H17BrClFN2O2S. The average molecular weight is 400 g/mol. The second-order valence-corrected chi connectivity index (χ2v) is 8.07. The molecule has 2 heterocycles. The summed E-state index contributed by atoms with van der Waals surface area (Å²) in [5.41, 5.74) is 0. The van der Waals surface area contributed by atoms with E-state index in [9.17, 15) is 12.8 Å². The fraction of sp³-hybridized carbons (Fsp3) is 0.538. The van der Waals surface area contributed by atoms with E-state index in [4.69, 9.17) is 0 Å². The summed E-state index contributed by atoms with van der Waals surface area (Å²) < 4.78 is 41.0. The van der Waals surface area contributed by atoms with Gasteiger partial charge in [0.05, 0.1) is 9.37 Å². The van der Waals surface area contributed by atoms with Gasteiger partial charge < -0.3 is 5.32 Å². The van der Waals surface area contributed by atoms with Gasteiger partial charge >= 0.3 is 0 Å². The molecule has 21 heavy (non-hydrogen) atoms. The first-order valence-electron chi connectivity index (χ1n) is 6.67. The van der Waals surface area contributed by atoms with Crippen LogP contribution in [0.4, 0.5) is 4.39 Å². The van der Waals surface area contributed by atoms with Gasteiger partial charge in [0.1, 0.15) is 5.82 Å². The predicted octanol–water partition coefficient (Wildman–Crippen LogP) is 2.57. The average Bonchev–Trinajstić information content (AvgIpc) is 2.71. The molecule has 2 bridgehead atoms. The van der Waals surface area contributed by atoms with E-state index >= 15 is 0 Å². The van der Waals surface area contributed by atoms with Crippen LogP contribution in [0.15, 0.2) is 27.6 Å². The first-order chi connectivity index (χ1) is 9.44. The molecule has 2 unspecified atom stereocenters. The number of benzene rings is 1. The number of halogens is 3. The molecule has 8 heteroatoms. The molecule has 1 aromatic carbocycles. The van der Waals surface area contributed by atoms with Crippen LogP contribution in [0.2, 0.25) is 0 Å². The van der Waals surface area contributed by atoms with Crippen molar-refractivity contribution < 1.29 is 12.8 Å². The predicted molar refractivity (Wildman–Crippen MR) is 84.6 cm³/mol. The Morgan fingerprint density at radius 2 is 1.86 bits per heavy atom. The lowest BCUT2D eigenvalue weighted by molar-refractivity contribution is 0.345. The van der Waals surface area contributed by atoms with E-state index in [0.29, 0.717) is 12.1 Å². The molecule has 2 N–H and O–H groups in total. The second-order valence-electron chi connectivity index (χ2n) is 5.50. The zero-order valence-corrected chi connectivity index (χ0v) is 14.4. The summed E-state index contributed by atoms with van der Waals surface area (Å²) in [6, 6.07) is 4.61. The van der Waals surface area contributed by atoms with Gasteiger partial charge in [0, 0.05) is 18.1 Å². The van der Waals surface area contributed by atoms with Crippen molar-refractivity contribution in [3.8, 4) is 0 Å². The number of fused-ring (bicyclic) bond motifs is 2. The van der Waals surface area contributed by atoms with Crippen LogP contribution in [-0.2, 0) is 10.0 Å². The molecule has 0 aliphatic carbocycles. The Morgan fingerprint density at radius 3 is 2.43 bits per heavy atom. The van der Waals surface area contributed by atoms with Crippen molar-refractivity contribution in [2.75, 3.05) is 0 Å². The number of hydrogen-bond donors (Lipinski definition) is 2. The third-order valence-corrected chi connectivity index (χ3v) is 6.16. The molecule has 0 radical (unpaired) electrons. The molecule has 0 spiro atoms. The lowest BCUT2D eigenvalue weighted by Gasteiger charge is -2.29. The Kier molecular flexibility index (Phi) is 5.31. The van der Waals surface area contributed by atoms with Gasteiger partial charge in [0.2, 0.25) is 10.0 Å². The molecule has 2 saturated heterocycles. The molecule has 2 aliphatic heterocycles. The van der Waals surface area contributed by atoms with Gasteiger partial charge in [-0.05, 0) is 59.8 Å². The Balaban J connectivity index is 0.00000161. The van der Waals surface area contributed by atoms with Crippen molar-refractivity contribution in [2.45, 2.75) is 48.7 Å². The monoisotopic (exact) mass is 398 g/mol. The summed E-state index contributed by atoms with van der Waals surface area (Å²) >= 11 is 3.02. The number of piperidine rings is 1. The molecule has 2 atom stereocenters. The van der Waals surface area contributed by atoms with Gasteiger partial charge in [-0.25, -0.2) is 17.5 Å². The summed E-state index contributed by atoms with van der Waals surface area (Å²) in [4.78, 5) is -0.0240. The van der Waals surface area contributed by atoms with E-state index in [-0.39, 0.29) is 27.8 Å². The first kappa shape index (κ1) is 17.1. The van der Waals surface area contributed by atoms with Crippen LogP contribution in [0.1, 0.15) is 25.7 Å². The molecular weight excluding hydrogens is 383 g/mol. The van der Waals surface area contributed by atoms with E-state index < -0.39 is 15.8 Å². The van der Waals surface area contributed by atoms with Crippen molar-refractivity contribution in [1.82, 2.24) is 10.0 Å². The van der Waals surface area contributed by atoms with Crippen LogP contribution in [0.5, 0.6) is 0 Å². The number of rotatable bonds is 3. The number of hydrogen-bond acceptors (Lipinski definition) is 3. The highest BCUT2D eigenvalue weighted by Crippen LogP contribution is 2.28. The van der Waals surface area contributed by atoms with Crippen LogP contribution in [0, 0.1) is 5.82 Å². The molecule has 0 saturated carbocycles. The summed E-state index contributed by atoms with van der Waals surface area (Å²) in [5.74, 6) is -0.571. The van der Waals surface area contributed by atoms with Gasteiger partial charge in [-0.3, -0.25) is 0 Å². The zero-order chi connectivity index (χ0) is 14.3. The molecule has 2 aliphatic rings. The van der Waals surface area contributed by atoms with Gasteiger partial charge in [-0.1, -0.05) is 0 Å². The summed E-state index contributed by atoms with van der Waals surface area (Å²) in [6.45, 7) is 0. The Bertz CT molecular complexity index is 617. The highest BCUT2D eigenvalue weighted by Gasteiger charge is 2.35. The maximum atomic E-state index is 13.5. The van der Waals surface area contributed by atoms with Crippen LogP contribution in [0.25, 0.3) is 0 Å². The van der Waals surface area contributed by atoms with Crippen molar-refractivity contribution in [3.05, 3.63) is 28.5 Å². The largest absolute Gasteiger partial charge is 0.311 e. The molecule has 0 amide bonds. The third kappa shape index (κ3) is 3.76. The molecule has 2 fully saturated rings. The SMILES string of the molecule is Cl.O=S(=O)(NC1CC2CCC(C1)N2)c1ccc(Br)c(F)c1. The van der Waals surface area contributed by atoms with E-state index in [1.165, 1.54) is 12.1 Å². The standard InChI is InChI=1S/C13H16BrFN2O2S.ClH/c14-12-4-3-11(7-13(12)15)20(18,19)17-10-5-8-1-2-9(6-10)16-8;/h3-4,7-10,16-17H,1-2,5-6H2;1H. The summed E-state index contributed by atoms with van der Waals surface area (Å²) in [6.07, 6.45) is 3.81. The molecule has 3 rings (SSSR count). The topological polar surface area (TPSA) is 58.2 Å². The maximum Gasteiger partial charge on any atom is 0.240 e. The van der Waals surface area contributed by atoms with Gasteiger partial charge in [-0.2, -0.15) is 0 Å². The van der Waals surface area contributed by atoms with Crippen LogP contribution < -0.4 is 10.0 Å². The summed E-state index contributed by atoms with van der Waals surface area (Å²) in [7, 11) is -3.66. The molecule has 118 valence electrons. The van der Waals surface area contributed by atoms with E-state index in [1.54, 1.807) is 0 Å². The van der Waals surface area contributed by atoms with E-state index in [0.717, 1.165) is 31.7 Å². The highest BCUT2D eigenvalue weighted by molar-refractivity contribution is 9.10. The van der Waals surface area contributed by atoms with Crippen molar-refractivity contribution in [1.29, 1.82) is 0 Å². The minimum absolute atomic E-state index is 0. The van der Waals surface area contributed by atoms with Crippen LogP contribution in [0.3, 0.4) is 0 Å². The number of nitrogens with one attached hydrogen (secondary N) is 2. The molecule has 0 aromatic heterocycles. The van der Waals surface area contributed by atoms with Crippen molar-refractivity contribution in [2.24, 2.45) is 0 Å².